The van der Waals surface area contributed by atoms with Gasteiger partial charge in [-0.05, 0) is 38.5 Å². The second kappa shape index (κ2) is 5.57. The highest BCUT2D eigenvalue weighted by molar-refractivity contribution is 5.81. The van der Waals surface area contributed by atoms with E-state index in [1.54, 1.807) is 0 Å². The zero-order valence-corrected chi connectivity index (χ0v) is 11.1. The molecule has 0 bridgehead atoms. The van der Waals surface area contributed by atoms with E-state index in [0.29, 0.717) is 24.0 Å². The predicted octanol–water partition coefficient (Wildman–Crippen LogP) is 1.16. The van der Waals surface area contributed by atoms with Crippen molar-refractivity contribution in [1.29, 1.82) is 0 Å². The van der Waals surface area contributed by atoms with Gasteiger partial charge >= 0.3 is 0 Å². The first kappa shape index (κ1) is 12.4. The molecule has 0 aromatic rings. The van der Waals surface area contributed by atoms with E-state index < -0.39 is 0 Å². The van der Waals surface area contributed by atoms with Gasteiger partial charge in [0.05, 0.1) is 6.10 Å². The zero-order chi connectivity index (χ0) is 12.4. The summed E-state index contributed by atoms with van der Waals surface area (Å²) < 4.78 is 5.62. The summed E-state index contributed by atoms with van der Waals surface area (Å²) >= 11 is 0. The van der Waals surface area contributed by atoms with Gasteiger partial charge in [-0.25, -0.2) is 0 Å². The fourth-order valence-corrected chi connectivity index (χ4v) is 3.00. The van der Waals surface area contributed by atoms with E-state index in [0.717, 1.165) is 51.9 Å². The van der Waals surface area contributed by atoms with Crippen LogP contribution in [0.5, 0.6) is 0 Å². The monoisotopic (exact) mass is 252 g/mol. The summed E-state index contributed by atoms with van der Waals surface area (Å²) in [6, 6.07) is 0.581. The van der Waals surface area contributed by atoms with Crippen LogP contribution in [0, 0.1) is 5.92 Å². The number of nitrogens with one attached hydrogen (secondary N) is 1. The lowest BCUT2D eigenvalue weighted by atomic mass is 10.0. The second-order valence-electron chi connectivity index (χ2n) is 5.92. The number of carbonyl (C=O) groups excluding carboxylic acids is 1. The first-order valence-corrected chi connectivity index (χ1v) is 7.46. The van der Waals surface area contributed by atoms with Crippen molar-refractivity contribution in [2.75, 3.05) is 26.2 Å². The van der Waals surface area contributed by atoms with Gasteiger partial charge in [-0.15, -0.1) is 0 Å². The molecule has 1 aliphatic carbocycles. The fourth-order valence-electron chi connectivity index (χ4n) is 3.00. The lowest BCUT2D eigenvalue weighted by molar-refractivity contribution is -0.133. The summed E-state index contributed by atoms with van der Waals surface area (Å²) in [6.45, 7) is 3.80. The first-order chi connectivity index (χ1) is 8.83. The average Bonchev–Trinajstić information content (AvgIpc) is 3.13. The van der Waals surface area contributed by atoms with E-state index in [1.807, 2.05) is 0 Å². The summed E-state index contributed by atoms with van der Waals surface area (Å²) in [5, 5.41) is 3.60. The molecular formula is C14H24N2O2. The van der Waals surface area contributed by atoms with Crippen LogP contribution in [0.3, 0.4) is 0 Å². The van der Waals surface area contributed by atoms with Gasteiger partial charge in [0.2, 0.25) is 5.91 Å². The van der Waals surface area contributed by atoms with Crippen LogP contribution in [0.25, 0.3) is 0 Å². The summed E-state index contributed by atoms with van der Waals surface area (Å²) in [6.07, 6.45) is 7.28. The number of nitrogens with zero attached hydrogens (tertiary/aromatic N) is 1. The molecule has 4 heteroatoms. The van der Waals surface area contributed by atoms with Gasteiger partial charge in [-0.1, -0.05) is 0 Å². The van der Waals surface area contributed by atoms with Crippen molar-refractivity contribution in [2.45, 2.75) is 50.7 Å². The van der Waals surface area contributed by atoms with Gasteiger partial charge in [0, 0.05) is 38.2 Å². The second-order valence-corrected chi connectivity index (χ2v) is 5.92. The summed E-state index contributed by atoms with van der Waals surface area (Å²) in [5.41, 5.74) is 0. The molecule has 1 amide bonds. The van der Waals surface area contributed by atoms with E-state index in [-0.39, 0.29) is 0 Å². The smallest absolute Gasteiger partial charge is 0.225 e. The van der Waals surface area contributed by atoms with Crippen LogP contribution in [0.15, 0.2) is 0 Å². The molecule has 3 fully saturated rings. The topological polar surface area (TPSA) is 41.6 Å². The van der Waals surface area contributed by atoms with Crippen molar-refractivity contribution in [3.8, 4) is 0 Å². The van der Waals surface area contributed by atoms with E-state index in [1.165, 1.54) is 12.8 Å². The molecule has 1 saturated carbocycles. The Morgan fingerprint density at radius 1 is 1.17 bits per heavy atom. The Bertz CT molecular complexity index is 290. The molecule has 2 aliphatic heterocycles. The number of ether oxygens (including phenoxy) is 1. The lowest BCUT2D eigenvalue weighted by Gasteiger charge is -2.33. The molecule has 2 heterocycles. The van der Waals surface area contributed by atoms with E-state index >= 15 is 0 Å². The van der Waals surface area contributed by atoms with Crippen LogP contribution in [0.2, 0.25) is 0 Å². The molecule has 1 unspecified atom stereocenters. The number of hydrogen-bond donors (Lipinski definition) is 1. The van der Waals surface area contributed by atoms with Gasteiger partial charge in [0.15, 0.2) is 0 Å². The molecule has 3 rings (SSSR count). The molecule has 0 aromatic carbocycles. The summed E-state index contributed by atoms with van der Waals surface area (Å²) in [4.78, 5) is 14.0. The van der Waals surface area contributed by atoms with Crippen LogP contribution in [-0.2, 0) is 9.53 Å². The van der Waals surface area contributed by atoms with Crippen molar-refractivity contribution in [2.24, 2.45) is 5.92 Å². The van der Waals surface area contributed by atoms with Gasteiger partial charge in [0.25, 0.3) is 0 Å². The third-order valence-corrected chi connectivity index (χ3v) is 4.39. The van der Waals surface area contributed by atoms with Crippen molar-refractivity contribution < 1.29 is 9.53 Å². The van der Waals surface area contributed by atoms with Crippen molar-refractivity contribution in [1.82, 2.24) is 10.2 Å². The maximum Gasteiger partial charge on any atom is 0.225 e. The molecule has 0 spiro atoms. The molecule has 0 radical (unpaired) electrons. The minimum atomic E-state index is 0.376. The van der Waals surface area contributed by atoms with Gasteiger partial charge < -0.3 is 15.0 Å². The Morgan fingerprint density at radius 2 is 1.94 bits per heavy atom. The highest BCUT2D eigenvalue weighted by atomic mass is 16.5. The summed E-state index contributed by atoms with van der Waals surface area (Å²) in [5.74, 6) is 0.786. The van der Waals surface area contributed by atoms with E-state index in [4.69, 9.17) is 4.74 Å². The van der Waals surface area contributed by atoms with Crippen LogP contribution in [-0.4, -0.2) is 49.2 Å². The van der Waals surface area contributed by atoms with Crippen molar-refractivity contribution >= 4 is 5.91 Å². The lowest BCUT2D eigenvalue weighted by Crippen LogP contribution is -2.46. The highest BCUT2D eigenvalue weighted by Gasteiger charge is 2.34. The Labute approximate surface area is 109 Å². The SMILES string of the molecule is O=C(C1CC1)N1CCC(NCC2CCCO2)CC1. The average molecular weight is 252 g/mol. The molecular weight excluding hydrogens is 228 g/mol. The van der Waals surface area contributed by atoms with Crippen LogP contribution in [0.4, 0.5) is 0 Å². The maximum absolute atomic E-state index is 11.9. The Morgan fingerprint density at radius 3 is 2.56 bits per heavy atom. The third kappa shape index (κ3) is 3.04. The first-order valence-electron chi connectivity index (χ1n) is 7.46. The number of carbonyl (C=O) groups is 1. The number of piperidine rings is 1. The normalized spacial score (nSPS) is 29.8. The van der Waals surface area contributed by atoms with Crippen molar-refractivity contribution in [3.63, 3.8) is 0 Å². The molecule has 102 valence electrons. The number of amides is 1. The number of rotatable bonds is 4. The number of likely N-dealkylation sites (tertiary alicyclic amines) is 1. The zero-order valence-electron chi connectivity index (χ0n) is 11.1. The standard InChI is InChI=1S/C14H24N2O2/c17-14(11-3-4-11)16-7-5-12(6-8-16)15-10-13-2-1-9-18-13/h11-13,15H,1-10H2. The Balaban J connectivity index is 1.35. The Kier molecular flexibility index (Phi) is 3.85. The minimum Gasteiger partial charge on any atom is -0.377 e. The maximum atomic E-state index is 11.9. The molecule has 3 aliphatic rings. The third-order valence-electron chi connectivity index (χ3n) is 4.39. The van der Waals surface area contributed by atoms with Gasteiger partial charge in [-0.2, -0.15) is 0 Å². The molecule has 2 saturated heterocycles. The molecule has 18 heavy (non-hydrogen) atoms. The van der Waals surface area contributed by atoms with E-state index in [9.17, 15) is 4.79 Å². The number of hydrogen-bond acceptors (Lipinski definition) is 3. The molecule has 0 aromatic heterocycles. The Hall–Kier alpha value is -0.610. The molecule has 1 N–H and O–H groups in total. The van der Waals surface area contributed by atoms with Gasteiger partial charge in [0.1, 0.15) is 0 Å². The minimum absolute atomic E-state index is 0.376. The quantitative estimate of drug-likeness (QED) is 0.816. The van der Waals surface area contributed by atoms with Gasteiger partial charge in [-0.3, -0.25) is 4.79 Å². The largest absolute Gasteiger partial charge is 0.377 e. The fraction of sp³-hybridized carbons (Fsp3) is 0.929. The highest BCUT2D eigenvalue weighted by Crippen LogP contribution is 2.31. The summed E-state index contributed by atoms with van der Waals surface area (Å²) in [7, 11) is 0. The molecule has 4 nitrogen and oxygen atoms in total. The van der Waals surface area contributed by atoms with E-state index in [2.05, 4.69) is 10.2 Å². The molecule has 1 atom stereocenters. The van der Waals surface area contributed by atoms with Crippen LogP contribution >= 0.6 is 0 Å². The van der Waals surface area contributed by atoms with Crippen LogP contribution in [0.1, 0.15) is 38.5 Å². The van der Waals surface area contributed by atoms with Crippen molar-refractivity contribution in [3.05, 3.63) is 0 Å². The predicted molar refractivity (Wildman–Crippen MR) is 69.3 cm³/mol. The van der Waals surface area contributed by atoms with Crippen LogP contribution < -0.4 is 5.32 Å².